The molecule has 0 unspecified atom stereocenters. The van der Waals surface area contributed by atoms with Crippen LogP contribution in [0.3, 0.4) is 0 Å². The fourth-order valence-corrected chi connectivity index (χ4v) is 5.17. The molecule has 0 radical (unpaired) electrons. The zero-order valence-corrected chi connectivity index (χ0v) is 19.3. The van der Waals surface area contributed by atoms with Crippen LogP contribution in [0.25, 0.3) is 65.7 Å². The van der Waals surface area contributed by atoms with E-state index >= 15 is 0 Å². The first kappa shape index (κ1) is 14.7. The highest BCUT2D eigenvalue weighted by Gasteiger charge is 2.17. The van der Waals surface area contributed by atoms with Gasteiger partial charge in [0.05, 0.1) is 9.60 Å². The van der Waals surface area contributed by atoms with Crippen molar-refractivity contribution in [2.75, 3.05) is 0 Å². The third-order valence-corrected chi connectivity index (χ3v) is 6.77. The Kier molecular flexibility index (Phi) is 3.47. The molecule has 0 heterocycles. The van der Waals surface area contributed by atoms with Gasteiger partial charge in [0.2, 0.25) is 0 Å². The summed E-state index contributed by atoms with van der Waals surface area (Å²) in [7, 11) is 0. The number of hydrogen-bond donors (Lipinski definition) is 0. The summed E-state index contributed by atoms with van der Waals surface area (Å²) in [6, 6.07) is 31.7. The second-order valence-corrected chi connectivity index (χ2v) is 8.78. The topological polar surface area (TPSA) is 0 Å². The lowest BCUT2D eigenvalue weighted by molar-refractivity contribution is 1.61. The molecule has 0 aliphatic heterocycles. The number of hydrogen-bond acceptors (Lipinski definition) is 0. The minimum atomic E-state index is -0.460. The monoisotopic (exact) mass is 463 g/mol. The molecule has 36 heavy (non-hydrogen) atoms. The van der Waals surface area contributed by atoms with Crippen molar-refractivity contribution in [2.45, 2.75) is 0 Å². The van der Waals surface area contributed by atoms with Crippen molar-refractivity contribution in [1.29, 1.82) is 0 Å². The zero-order valence-electron chi connectivity index (χ0n) is 26.3. The Balaban J connectivity index is 1.63. The smallest absolute Gasteiger partial charge is 0.0622 e. The summed E-state index contributed by atoms with van der Waals surface area (Å²) < 4.78 is 60.4. The Hall–Kier alpha value is -4.68. The maximum Gasteiger partial charge on any atom is 0.0629 e. The van der Waals surface area contributed by atoms with Crippen LogP contribution in [0.1, 0.15) is 9.60 Å². The molecule has 0 amide bonds. The maximum atomic E-state index is 9.06. The largest absolute Gasteiger partial charge is 0.0629 e. The van der Waals surface area contributed by atoms with E-state index in [1.165, 1.54) is 0 Å². The Morgan fingerprint density at radius 3 is 1.53 bits per heavy atom. The van der Waals surface area contributed by atoms with E-state index in [1.54, 1.807) is 0 Å². The van der Waals surface area contributed by atoms with Crippen LogP contribution in [0.4, 0.5) is 0 Å². The van der Waals surface area contributed by atoms with E-state index in [2.05, 4.69) is 36.4 Å². The first-order valence-corrected chi connectivity index (χ1v) is 11.9. The maximum absolute atomic E-state index is 9.06. The van der Waals surface area contributed by atoms with Crippen molar-refractivity contribution in [2.24, 2.45) is 0 Å². The molecular weight excluding hydrogens is 432 g/mol. The van der Waals surface area contributed by atoms with Gasteiger partial charge in [-0.05, 0) is 65.7 Å². The van der Waals surface area contributed by atoms with Crippen LogP contribution in [0.2, 0.25) is 0 Å². The van der Waals surface area contributed by atoms with Gasteiger partial charge in [0, 0.05) is 0 Å². The molecule has 7 rings (SSSR count). The van der Waals surface area contributed by atoms with Crippen LogP contribution < -0.4 is 0 Å². The lowest BCUT2D eigenvalue weighted by atomic mass is 9.84. The van der Waals surface area contributed by atoms with Gasteiger partial charge in [0.1, 0.15) is 0 Å². The molecule has 0 aromatic heterocycles. The van der Waals surface area contributed by atoms with Gasteiger partial charge < -0.3 is 0 Å². The fraction of sp³-hybridized carbons (Fsp3) is 0. The summed E-state index contributed by atoms with van der Waals surface area (Å²) in [5, 5.41) is 3.46. The molecule has 168 valence electrons. The van der Waals surface area contributed by atoms with Gasteiger partial charge in [0.25, 0.3) is 0 Å². The van der Waals surface area contributed by atoms with Gasteiger partial charge in [0.15, 0.2) is 0 Å². The van der Waals surface area contributed by atoms with E-state index in [1.807, 2.05) is 66.7 Å². The van der Waals surface area contributed by atoms with Gasteiger partial charge in [-0.25, -0.2) is 0 Å². The van der Waals surface area contributed by atoms with Crippen molar-refractivity contribution in [3.05, 3.63) is 145 Å². The normalized spacial score (nSPS) is 14.1. The lowest BCUT2D eigenvalue weighted by Gasteiger charge is -2.19. The summed E-state index contributed by atoms with van der Waals surface area (Å²) in [6.45, 7) is 0. The minimum Gasteiger partial charge on any atom is -0.0622 e. The summed E-state index contributed by atoms with van der Waals surface area (Å²) in [5.74, 6) is 0. The average molecular weight is 464 g/mol. The molecule has 7 aromatic carbocycles. The molecule has 7 aromatic rings. The highest BCUT2D eigenvalue weighted by Crippen LogP contribution is 2.45. The van der Waals surface area contributed by atoms with Crippen LogP contribution in [0.5, 0.6) is 0 Å². The Bertz CT molecular complexity index is 2170. The molecule has 0 bridgehead atoms. The SMILES string of the molecule is [2H]c1c([2H])c([2H])c2c(-c3c4ccccc4c(-c4ccc(-c5ccccc5)cc4)c4ccccc34)c([2H])c([2H])c([2H])c2c1[2H]. The molecule has 0 N–H and O–H groups in total. The molecular formula is C36H24. The van der Waals surface area contributed by atoms with Crippen LogP contribution in [0, 0.1) is 0 Å². The van der Waals surface area contributed by atoms with E-state index in [4.69, 9.17) is 9.60 Å². The van der Waals surface area contributed by atoms with Crippen molar-refractivity contribution < 1.29 is 9.60 Å². The van der Waals surface area contributed by atoms with Gasteiger partial charge in [-0.15, -0.1) is 0 Å². The molecule has 0 fully saturated rings. The number of rotatable bonds is 3. The highest BCUT2D eigenvalue weighted by atomic mass is 14.2. The van der Waals surface area contributed by atoms with E-state index in [9.17, 15) is 0 Å². The second-order valence-electron chi connectivity index (χ2n) is 8.78. The van der Waals surface area contributed by atoms with Crippen LogP contribution in [-0.2, 0) is 0 Å². The summed E-state index contributed by atoms with van der Waals surface area (Å²) in [6.07, 6.45) is 0. The minimum absolute atomic E-state index is 0.0456. The van der Waals surface area contributed by atoms with Crippen molar-refractivity contribution >= 4 is 32.3 Å². The molecule has 0 saturated carbocycles. The lowest BCUT2D eigenvalue weighted by Crippen LogP contribution is -1.91. The molecule has 0 aliphatic rings. The average Bonchev–Trinajstić information content (AvgIpc) is 3.05. The van der Waals surface area contributed by atoms with Crippen LogP contribution in [0.15, 0.2) is 145 Å². The number of benzene rings is 7. The number of fused-ring (bicyclic) bond motifs is 3. The Morgan fingerprint density at radius 2 is 0.861 bits per heavy atom. The van der Waals surface area contributed by atoms with Crippen LogP contribution >= 0.6 is 0 Å². The van der Waals surface area contributed by atoms with Crippen molar-refractivity contribution in [3.8, 4) is 33.4 Å². The molecule has 0 atom stereocenters. The van der Waals surface area contributed by atoms with Crippen molar-refractivity contribution in [3.63, 3.8) is 0 Å². The summed E-state index contributed by atoms with van der Waals surface area (Å²) in [5.41, 5.74) is 5.11. The van der Waals surface area contributed by atoms with E-state index in [-0.39, 0.29) is 46.5 Å². The van der Waals surface area contributed by atoms with Gasteiger partial charge in [-0.3, -0.25) is 0 Å². The quantitative estimate of drug-likeness (QED) is 0.229. The third kappa shape index (κ3) is 3.31. The molecule has 0 aliphatic carbocycles. The predicted molar refractivity (Wildman–Crippen MR) is 155 cm³/mol. The second kappa shape index (κ2) is 8.52. The summed E-state index contributed by atoms with van der Waals surface area (Å²) >= 11 is 0. The van der Waals surface area contributed by atoms with E-state index in [0.717, 1.165) is 43.8 Å². The first-order chi connectivity index (χ1) is 20.8. The summed E-state index contributed by atoms with van der Waals surface area (Å²) in [4.78, 5) is 0. The van der Waals surface area contributed by atoms with Crippen molar-refractivity contribution in [1.82, 2.24) is 0 Å². The molecule has 0 heteroatoms. The van der Waals surface area contributed by atoms with E-state index < -0.39 is 12.1 Å². The molecule has 0 saturated heterocycles. The third-order valence-electron chi connectivity index (χ3n) is 6.77. The molecule has 0 spiro atoms. The van der Waals surface area contributed by atoms with Gasteiger partial charge >= 0.3 is 0 Å². The van der Waals surface area contributed by atoms with E-state index in [0.29, 0.717) is 5.56 Å². The first-order valence-electron chi connectivity index (χ1n) is 15.4. The van der Waals surface area contributed by atoms with Gasteiger partial charge in [-0.2, -0.15) is 0 Å². The fourth-order valence-electron chi connectivity index (χ4n) is 5.17. The Labute approximate surface area is 220 Å². The zero-order chi connectivity index (χ0) is 30.0. The highest BCUT2D eigenvalue weighted by molar-refractivity contribution is 6.23. The standard InChI is InChI=1S/C36H24/c1-2-11-25(12-3-1)26-21-23-28(24-22-26)35-31-16-6-8-18-33(31)36(34-19-9-7-17-32(34)35)30-20-10-14-27-13-4-5-15-29(27)30/h1-24H/i4D,5D,10D,13D,14D,15D,20D. The molecule has 0 nitrogen and oxygen atoms in total. The van der Waals surface area contributed by atoms with Gasteiger partial charge in [-0.1, -0.05) is 145 Å². The Morgan fingerprint density at radius 1 is 0.361 bits per heavy atom. The van der Waals surface area contributed by atoms with Crippen LogP contribution in [-0.4, -0.2) is 0 Å². The predicted octanol–water partition coefficient (Wildman–Crippen LogP) is 10.1.